The van der Waals surface area contributed by atoms with Crippen molar-refractivity contribution in [3.05, 3.63) is 0 Å². The van der Waals surface area contributed by atoms with Gasteiger partial charge in [-0.1, -0.05) is 12.8 Å². The van der Waals surface area contributed by atoms with Gasteiger partial charge in [0.2, 0.25) is 11.8 Å². The second kappa shape index (κ2) is 3.51. The molecule has 1 saturated carbocycles. The summed E-state index contributed by atoms with van der Waals surface area (Å²) in [7, 11) is 1.80. The van der Waals surface area contributed by atoms with Gasteiger partial charge < -0.3 is 10.2 Å². The van der Waals surface area contributed by atoms with Crippen molar-refractivity contribution in [2.45, 2.75) is 50.6 Å². The van der Waals surface area contributed by atoms with E-state index < -0.39 is 5.54 Å². The molecule has 2 fully saturated rings. The molecule has 1 N–H and O–H groups in total. The van der Waals surface area contributed by atoms with Gasteiger partial charge in [-0.3, -0.25) is 9.59 Å². The van der Waals surface area contributed by atoms with E-state index in [0.29, 0.717) is 6.42 Å². The number of nitrogens with one attached hydrogen (secondary N) is 1. The molecule has 0 aromatic rings. The molecule has 1 aliphatic heterocycles. The number of carbonyl (C=O) groups is 2. The molecule has 0 radical (unpaired) electrons. The summed E-state index contributed by atoms with van der Waals surface area (Å²) in [4.78, 5) is 25.6. The van der Waals surface area contributed by atoms with Crippen molar-refractivity contribution >= 4 is 11.8 Å². The number of nitrogens with zero attached hydrogens (tertiary/aromatic N) is 1. The van der Waals surface area contributed by atoms with Gasteiger partial charge in [0.05, 0.1) is 0 Å². The Bertz CT molecular complexity index is 295. The number of hydrogen-bond donors (Lipinski definition) is 1. The maximum absolute atomic E-state index is 12.2. The van der Waals surface area contributed by atoms with Gasteiger partial charge in [-0.05, 0) is 19.8 Å². The zero-order chi connectivity index (χ0) is 11.1. The molecule has 2 aliphatic rings. The second-order valence-electron chi connectivity index (χ2n) is 4.81. The predicted octanol–water partition coefficient (Wildman–Crippen LogP) is 0.666. The third-order valence-electron chi connectivity index (χ3n) is 3.71. The molecular weight excluding hydrogens is 192 g/mol. The van der Waals surface area contributed by atoms with Crippen LogP contribution >= 0.6 is 0 Å². The average Bonchev–Trinajstić information content (AvgIpc) is 2.61. The van der Waals surface area contributed by atoms with Crippen molar-refractivity contribution in [1.29, 1.82) is 0 Å². The molecule has 4 nitrogen and oxygen atoms in total. The second-order valence-corrected chi connectivity index (χ2v) is 4.81. The van der Waals surface area contributed by atoms with Crippen LogP contribution in [-0.4, -0.2) is 35.3 Å². The zero-order valence-corrected chi connectivity index (χ0v) is 9.38. The minimum absolute atomic E-state index is 0.0116. The minimum Gasteiger partial charge on any atom is -0.342 e. The molecule has 84 valence electrons. The summed E-state index contributed by atoms with van der Waals surface area (Å²) in [6.07, 6.45) is 4.09. The van der Waals surface area contributed by atoms with Gasteiger partial charge in [0.1, 0.15) is 5.54 Å². The quantitative estimate of drug-likeness (QED) is 0.638. The first-order chi connectivity index (χ1) is 7.05. The van der Waals surface area contributed by atoms with Gasteiger partial charge in [0.15, 0.2) is 0 Å². The van der Waals surface area contributed by atoms with E-state index in [4.69, 9.17) is 0 Å². The Kier molecular flexibility index (Phi) is 2.44. The first-order valence-electron chi connectivity index (χ1n) is 5.63. The highest BCUT2D eigenvalue weighted by atomic mass is 16.2. The monoisotopic (exact) mass is 210 g/mol. The van der Waals surface area contributed by atoms with E-state index in [9.17, 15) is 9.59 Å². The van der Waals surface area contributed by atoms with Crippen LogP contribution in [0.4, 0.5) is 0 Å². The van der Waals surface area contributed by atoms with Crippen molar-refractivity contribution in [3.63, 3.8) is 0 Å². The molecular formula is C11H18N2O2. The average molecular weight is 210 g/mol. The lowest BCUT2D eigenvalue weighted by atomic mass is 9.96. The highest BCUT2D eigenvalue weighted by Gasteiger charge is 2.46. The first-order valence-corrected chi connectivity index (χ1v) is 5.63. The van der Waals surface area contributed by atoms with E-state index in [0.717, 1.165) is 25.7 Å². The van der Waals surface area contributed by atoms with E-state index in [1.807, 2.05) is 6.92 Å². The lowest BCUT2D eigenvalue weighted by Gasteiger charge is -2.31. The van der Waals surface area contributed by atoms with Crippen LogP contribution in [0.5, 0.6) is 0 Å². The Hall–Kier alpha value is -1.06. The van der Waals surface area contributed by atoms with Crippen LogP contribution in [0, 0.1) is 0 Å². The minimum atomic E-state index is -0.573. The molecule has 1 spiro atoms. The van der Waals surface area contributed by atoms with Gasteiger partial charge in [-0.25, -0.2) is 0 Å². The standard InChI is InChI=1S/C11H18N2O2/c1-8-7-9(14)12-11(5-3-4-6-11)10(15)13(8)2/h8H,3-7H2,1-2H3,(H,12,14). The molecule has 0 aromatic heterocycles. The van der Waals surface area contributed by atoms with Crippen LogP contribution < -0.4 is 5.32 Å². The SMILES string of the molecule is CC1CC(=O)NC2(CCCC2)C(=O)N1C. The lowest BCUT2D eigenvalue weighted by molar-refractivity contribution is -0.138. The topological polar surface area (TPSA) is 49.4 Å². The molecule has 15 heavy (non-hydrogen) atoms. The molecule has 0 aromatic carbocycles. The highest BCUT2D eigenvalue weighted by Crippen LogP contribution is 2.33. The van der Waals surface area contributed by atoms with Gasteiger partial charge in [0.25, 0.3) is 0 Å². The summed E-state index contributed by atoms with van der Waals surface area (Å²) >= 11 is 0. The Morgan fingerprint density at radius 2 is 1.93 bits per heavy atom. The van der Waals surface area contributed by atoms with Crippen molar-refractivity contribution in [3.8, 4) is 0 Å². The van der Waals surface area contributed by atoms with E-state index in [-0.39, 0.29) is 17.9 Å². The molecule has 4 heteroatoms. The molecule has 1 aliphatic carbocycles. The fraction of sp³-hybridized carbons (Fsp3) is 0.818. The largest absolute Gasteiger partial charge is 0.342 e. The van der Waals surface area contributed by atoms with Crippen LogP contribution in [0.1, 0.15) is 39.0 Å². The fourth-order valence-electron chi connectivity index (χ4n) is 2.63. The predicted molar refractivity (Wildman–Crippen MR) is 56.2 cm³/mol. The maximum Gasteiger partial charge on any atom is 0.248 e. The van der Waals surface area contributed by atoms with Crippen molar-refractivity contribution in [2.24, 2.45) is 0 Å². The number of hydrogen-bond acceptors (Lipinski definition) is 2. The molecule has 0 bridgehead atoms. The van der Waals surface area contributed by atoms with E-state index in [2.05, 4.69) is 5.32 Å². The van der Waals surface area contributed by atoms with E-state index in [1.54, 1.807) is 11.9 Å². The van der Waals surface area contributed by atoms with E-state index in [1.165, 1.54) is 0 Å². The van der Waals surface area contributed by atoms with Crippen LogP contribution in [0.15, 0.2) is 0 Å². The molecule has 1 unspecified atom stereocenters. The zero-order valence-electron chi connectivity index (χ0n) is 9.38. The fourth-order valence-corrected chi connectivity index (χ4v) is 2.63. The Balaban J connectivity index is 2.30. The molecule has 2 amide bonds. The Morgan fingerprint density at radius 3 is 2.53 bits per heavy atom. The third-order valence-corrected chi connectivity index (χ3v) is 3.71. The lowest BCUT2D eigenvalue weighted by Crippen LogP contribution is -2.55. The van der Waals surface area contributed by atoms with Crippen LogP contribution in [-0.2, 0) is 9.59 Å². The van der Waals surface area contributed by atoms with Gasteiger partial charge in [-0.2, -0.15) is 0 Å². The maximum atomic E-state index is 12.2. The first kappa shape index (κ1) is 10.5. The van der Waals surface area contributed by atoms with Crippen molar-refractivity contribution < 1.29 is 9.59 Å². The summed E-state index contributed by atoms with van der Waals surface area (Å²) in [6, 6.07) is 0.0116. The van der Waals surface area contributed by atoms with Crippen LogP contribution in [0.3, 0.4) is 0 Å². The summed E-state index contributed by atoms with van der Waals surface area (Å²) in [5, 5.41) is 2.93. The Labute approximate surface area is 90.0 Å². The van der Waals surface area contributed by atoms with Gasteiger partial charge >= 0.3 is 0 Å². The third kappa shape index (κ3) is 1.62. The normalized spacial score (nSPS) is 30.5. The Morgan fingerprint density at radius 1 is 1.33 bits per heavy atom. The van der Waals surface area contributed by atoms with Gasteiger partial charge in [-0.15, -0.1) is 0 Å². The number of likely N-dealkylation sites (N-methyl/N-ethyl adjacent to an activating group) is 1. The highest BCUT2D eigenvalue weighted by molar-refractivity contribution is 5.94. The summed E-state index contributed by atoms with van der Waals surface area (Å²) in [6.45, 7) is 1.92. The molecule has 1 saturated heterocycles. The number of rotatable bonds is 0. The molecule has 1 heterocycles. The van der Waals surface area contributed by atoms with Crippen molar-refractivity contribution in [2.75, 3.05) is 7.05 Å². The summed E-state index contributed by atoms with van der Waals surface area (Å²) in [5.41, 5.74) is -0.573. The summed E-state index contributed by atoms with van der Waals surface area (Å²) < 4.78 is 0. The molecule has 1 atom stereocenters. The number of amides is 2. The molecule has 2 rings (SSSR count). The van der Waals surface area contributed by atoms with Gasteiger partial charge in [0, 0.05) is 19.5 Å². The van der Waals surface area contributed by atoms with Crippen LogP contribution in [0.25, 0.3) is 0 Å². The van der Waals surface area contributed by atoms with Crippen molar-refractivity contribution in [1.82, 2.24) is 10.2 Å². The smallest absolute Gasteiger partial charge is 0.248 e. The van der Waals surface area contributed by atoms with Crippen LogP contribution in [0.2, 0.25) is 0 Å². The van der Waals surface area contributed by atoms with E-state index >= 15 is 0 Å². The number of carbonyl (C=O) groups excluding carboxylic acids is 2. The summed E-state index contributed by atoms with van der Waals surface area (Å²) in [5.74, 6) is 0.112.